The van der Waals surface area contributed by atoms with Gasteiger partial charge in [-0.1, -0.05) is 6.92 Å². The van der Waals surface area contributed by atoms with Crippen LogP contribution in [0.25, 0.3) is 0 Å². The molecule has 1 fully saturated rings. The molecule has 1 aliphatic heterocycles. The third-order valence-corrected chi connectivity index (χ3v) is 4.20. The smallest absolute Gasteiger partial charge is 0.0563 e. The van der Waals surface area contributed by atoms with Gasteiger partial charge in [0, 0.05) is 25.9 Å². The second kappa shape index (κ2) is 4.64. The summed E-state index contributed by atoms with van der Waals surface area (Å²) in [5, 5.41) is 2.63. The zero-order valence-corrected chi connectivity index (χ0v) is 9.66. The third kappa shape index (κ3) is 2.59. The first-order chi connectivity index (χ1) is 6.10. The Balaban J connectivity index is 2.64. The molecule has 13 heavy (non-hydrogen) atoms. The molecule has 3 N–H and O–H groups in total. The molecule has 3 nitrogen and oxygen atoms in total. The zero-order valence-electron chi connectivity index (χ0n) is 8.84. The fourth-order valence-electron chi connectivity index (χ4n) is 1.92. The van der Waals surface area contributed by atoms with Crippen molar-refractivity contribution in [2.24, 2.45) is 5.73 Å². The molecule has 2 unspecified atom stereocenters. The van der Waals surface area contributed by atoms with Crippen LogP contribution in [0.5, 0.6) is 0 Å². The van der Waals surface area contributed by atoms with Gasteiger partial charge in [-0.05, 0) is 18.6 Å². The number of hydrogen-bond donors (Lipinski definition) is 2. The molecule has 0 spiro atoms. The van der Waals surface area contributed by atoms with Crippen LogP contribution in [0.1, 0.15) is 19.8 Å². The predicted molar refractivity (Wildman–Crippen MR) is 59.8 cm³/mol. The topological polar surface area (TPSA) is 41.3 Å². The van der Waals surface area contributed by atoms with E-state index in [1.807, 2.05) is 30.9 Å². The zero-order chi connectivity index (χ0) is 9.90. The van der Waals surface area contributed by atoms with Gasteiger partial charge in [0.15, 0.2) is 0 Å². The Kier molecular flexibility index (Phi) is 4.04. The van der Waals surface area contributed by atoms with Crippen LogP contribution in [0.4, 0.5) is 0 Å². The Hall–Kier alpha value is 0.230. The number of hydrazine groups is 1. The number of nitrogens with one attached hydrogen (secondary N) is 1. The van der Waals surface area contributed by atoms with E-state index in [2.05, 4.69) is 12.3 Å². The van der Waals surface area contributed by atoms with Gasteiger partial charge in [0.1, 0.15) is 0 Å². The molecule has 0 saturated carbocycles. The van der Waals surface area contributed by atoms with Crippen molar-refractivity contribution in [3.63, 3.8) is 0 Å². The van der Waals surface area contributed by atoms with Crippen LogP contribution < -0.4 is 11.2 Å². The second-order valence-corrected chi connectivity index (χ2v) is 5.43. The molecule has 1 aliphatic rings. The number of hydrogen-bond acceptors (Lipinski definition) is 4. The molecular formula is C9H21N3S. The Morgan fingerprint density at radius 2 is 2.31 bits per heavy atom. The molecule has 0 aliphatic carbocycles. The molecule has 0 aromatic rings. The maximum atomic E-state index is 5.87. The standard InChI is InChI=1S/C9H21N3S/c1-8-9(7-10,11-12(2)3)5-4-6-13-8/h8,11H,4-7,10H2,1-3H3. The fourth-order valence-corrected chi connectivity index (χ4v) is 3.17. The summed E-state index contributed by atoms with van der Waals surface area (Å²) in [7, 11) is 4.06. The van der Waals surface area contributed by atoms with E-state index in [0.717, 1.165) is 6.54 Å². The van der Waals surface area contributed by atoms with Gasteiger partial charge >= 0.3 is 0 Å². The summed E-state index contributed by atoms with van der Waals surface area (Å²) in [5.74, 6) is 1.28. The number of thioether (sulfide) groups is 1. The molecule has 1 saturated heterocycles. The molecule has 1 heterocycles. The van der Waals surface area contributed by atoms with Crippen molar-refractivity contribution in [1.82, 2.24) is 10.4 Å². The van der Waals surface area contributed by atoms with Crippen LogP contribution in [0.2, 0.25) is 0 Å². The van der Waals surface area contributed by atoms with Crippen LogP contribution in [-0.2, 0) is 0 Å². The lowest BCUT2D eigenvalue weighted by atomic mass is 9.90. The predicted octanol–water partition coefficient (Wildman–Crippen LogP) is 0.666. The van der Waals surface area contributed by atoms with Crippen molar-refractivity contribution in [3.8, 4) is 0 Å². The van der Waals surface area contributed by atoms with E-state index < -0.39 is 0 Å². The molecule has 4 heteroatoms. The highest BCUT2D eigenvalue weighted by Gasteiger charge is 2.37. The summed E-state index contributed by atoms with van der Waals surface area (Å²) in [5.41, 5.74) is 9.47. The van der Waals surface area contributed by atoms with Crippen molar-refractivity contribution in [2.45, 2.75) is 30.6 Å². The van der Waals surface area contributed by atoms with Crippen molar-refractivity contribution in [3.05, 3.63) is 0 Å². The van der Waals surface area contributed by atoms with Gasteiger partial charge in [-0.2, -0.15) is 11.8 Å². The number of nitrogens with zero attached hydrogens (tertiary/aromatic N) is 1. The minimum atomic E-state index is 0.117. The molecule has 2 atom stereocenters. The van der Waals surface area contributed by atoms with E-state index in [9.17, 15) is 0 Å². The molecule has 0 amide bonds. The summed E-state index contributed by atoms with van der Waals surface area (Å²) in [6.07, 6.45) is 2.46. The Morgan fingerprint density at radius 1 is 1.62 bits per heavy atom. The van der Waals surface area contributed by atoms with Crippen LogP contribution in [0.3, 0.4) is 0 Å². The summed E-state index contributed by atoms with van der Waals surface area (Å²) in [6, 6.07) is 0. The molecule has 1 rings (SSSR count). The monoisotopic (exact) mass is 203 g/mol. The Bertz CT molecular complexity index is 163. The highest BCUT2D eigenvalue weighted by atomic mass is 32.2. The van der Waals surface area contributed by atoms with Gasteiger partial charge in [-0.3, -0.25) is 0 Å². The average molecular weight is 203 g/mol. The second-order valence-electron chi connectivity index (χ2n) is 3.98. The lowest BCUT2D eigenvalue weighted by molar-refractivity contribution is 0.149. The van der Waals surface area contributed by atoms with Crippen LogP contribution in [0.15, 0.2) is 0 Å². The van der Waals surface area contributed by atoms with Gasteiger partial charge in [0.25, 0.3) is 0 Å². The van der Waals surface area contributed by atoms with E-state index in [4.69, 9.17) is 5.73 Å². The van der Waals surface area contributed by atoms with Crippen LogP contribution >= 0.6 is 11.8 Å². The van der Waals surface area contributed by atoms with E-state index in [-0.39, 0.29) is 5.54 Å². The first-order valence-electron chi connectivity index (χ1n) is 4.87. The van der Waals surface area contributed by atoms with Crippen molar-refractivity contribution < 1.29 is 0 Å². The fraction of sp³-hybridized carbons (Fsp3) is 1.00. The van der Waals surface area contributed by atoms with E-state index in [0.29, 0.717) is 5.25 Å². The highest BCUT2D eigenvalue weighted by Crippen LogP contribution is 2.33. The van der Waals surface area contributed by atoms with Gasteiger partial charge < -0.3 is 5.73 Å². The summed E-state index contributed by atoms with van der Waals surface area (Å²) in [6.45, 7) is 2.99. The average Bonchev–Trinajstić information content (AvgIpc) is 2.08. The maximum absolute atomic E-state index is 5.87. The normalized spacial score (nSPS) is 35.3. The lowest BCUT2D eigenvalue weighted by Crippen LogP contribution is -2.62. The first kappa shape index (κ1) is 11.3. The van der Waals surface area contributed by atoms with Crippen molar-refractivity contribution in [2.75, 3.05) is 26.4 Å². The Labute approximate surface area is 85.4 Å². The summed E-state index contributed by atoms with van der Waals surface area (Å²) in [4.78, 5) is 0. The first-order valence-corrected chi connectivity index (χ1v) is 5.92. The molecular weight excluding hydrogens is 182 g/mol. The largest absolute Gasteiger partial charge is 0.329 e. The maximum Gasteiger partial charge on any atom is 0.0563 e. The lowest BCUT2D eigenvalue weighted by Gasteiger charge is -2.43. The number of rotatable bonds is 3. The van der Waals surface area contributed by atoms with E-state index >= 15 is 0 Å². The van der Waals surface area contributed by atoms with E-state index in [1.54, 1.807) is 0 Å². The van der Waals surface area contributed by atoms with Gasteiger partial charge in [0.2, 0.25) is 0 Å². The summed E-state index contributed by atoms with van der Waals surface area (Å²) < 4.78 is 0. The van der Waals surface area contributed by atoms with Crippen molar-refractivity contribution in [1.29, 1.82) is 0 Å². The molecule has 0 aromatic heterocycles. The number of nitrogens with two attached hydrogens (primary N) is 1. The van der Waals surface area contributed by atoms with E-state index in [1.165, 1.54) is 18.6 Å². The summed E-state index contributed by atoms with van der Waals surface area (Å²) >= 11 is 2.02. The SMILES string of the molecule is CC1SCCCC1(CN)NN(C)C. The molecule has 0 bridgehead atoms. The minimum absolute atomic E-state index is 0.117. The molecule has 0 radical (unpaired) electrons. The molecule has 78 valence electrons. The third-order valence-electron chi connectivity index (χ3n) is 2.72. The van der Waals surface area contributed by atoms with Crippen LogP contribution in [0, 0.1) is 0 Å². The van der Waals surface area contributed by atoms with Crippen molar-refractivity contribution >= 4 is 11.8 Å². The minimum Gasteiger partial charge on any atom is -0.329 e. The molecule has 0 aromatic carbocycles. The highest BCUT2D eigenvalue weighted by molar-refractivity contribution is 8.00. The van der Waals surface area contributed by atoms with Gasteiger partial charge in [-0.25, -0.2) is 10.4 Å². The Morgan fingerprint density at radius 3 is 2.77 bits per heavy atom. The quantitative estimate of drug-likeness (QED) is 0.661. The van der Waals surface area contributed by atoms with Crippen LogP contribution in [-0.4, -0.2) is 42.2 Å². The van der Waals surface area contributed by atoms with Gasteiger partial charge in [-0.15, -0.1) is 0 Å². The van der Waals surface area contributed by atoms with Gasteiger partial charge in [0.05, 0.1) is 5.54 Å².